The minimum absolute atomic E-state index is 0.000962. The maximum absolute atomic E-state index is 14.9. The smallest absolute Gasteiger partial charge is 0.417 e. The van der Waals surface area contributed by atoms with Crippen LogP contribution in [0.15, 0.2) is 12.1 Å². The van der Waals surface area contributed by atoms with E-state index in [9.17, 15) is 31.9 Å². The van der Waals surface area contributed by atoms with Crippen LogP contribution in [0.1, 0.15) is 58.9 Å². The van der Waals surface area contributed by atoms with Crippen LogP contribution in [0, 0.1) is 23.5 Å². The van der Waals surface area contributed by atoms with Gasteiger partial charge in [0.2, 0.25) is 5.82 Å². The number of carbonyl (C=O) groups is 1. The number of aliphatic carboxylic acids is 1. The average Bonchev–Trinajstić information content (AvgIpc) is 2.98. The molecule has 36 heavy (non-hydrogen) atoms. The van der Waals surface area contributed by atoms with Gasteiger partial charge in [-0.3, -0.25) is 0 Å². The summed E-state index contributed by atoms with van der Waals surface area (Å²) in [5, 5.41) is 9.65. The average molecular weight is 539 g/mol. The van der Waals surface area contributed by atoms with Gasteiger partial charge in [-0.25, -0.2) is 9.18 Å². The summed E-state index contributed by atoms with van der Waals surface area (Å²) >= 11 is 0. The molecule has 1 saturated carbocycles. The van der Waals surface area contributed by atoms with Gasteiger partial charge in [0.25, 0.3) is 0 Å². The first kappa shape index (κ1) is 28.8. The molecule has 1 aliphatic carbocycles. The van der Waals surface area contributed by atoms with Gasteiger partial charge in [-0.2, -0.15) is 17.6 Å². The number of halogens is 5. The molecule has 2 fully saturated rings. The zero-order chi connectivity index (χ0) is 27.4. The highest BCUT2D eigenvalue weighted by Gasteiger charge is 2.66. The molecule has 0 radical (unpaired) electrons. The lowest BCUT2D eigenvalue weighted by Crippen LogP contribution is -2.48. The first-order valence-electron chi connectivity index (χ1n) is 12.1. The lowest BCUT2D eigenvalue weighted by atomic mass is 9.77. The van der Waals surface area contributed by atoms with E-state index in [2.05, 4.69) is 33.9 Å². The highest BCUT2D eigenvalue weighted by Crippen LogP contribution is 2.55. The molecule has 0 bridgehead atoms. The number of hydrogen-bond acceptors (Lipinski definition) is 4. The summed E-state index contributed by atoms with van der Waals surface area (Å²) in [7, 11) is -1.96. The van der Waals surface area contributed by atoms with Crippen LogP contribution in [0.25, 0.3) is 0 Å². The summed E-state index contributed by atoms with van der Waals surface area (Å²) in [6, 6.07) is 1.85. The molecule has 0 spiro atoms. The van der Waals surface area contributed by atoms with Gasteiger partial charge in [0, 0.05) is 23.5 Å². The lowest BCUT2D eigenvalue weighted by molar-refractivity contribution is -0.273. The molecule has 1 aromatic carbocycles. The molecule has 1 N–H and O–H groups in total. The van der Waals surface area contributed by atoms with E-state index in [4.69, 9.17) is 13.9 Å². The summed E-state index contributed by atoms with van der Waals surface area (Å²) in [6.45, 7) is 12.7. The third-order valence-electron chi connectivity index (χ3n) is 8.27. The molecule has 1 saturated heterocycles. The summed E-state index contributed by atoms with van der Waals surface area (Å²) in [6.07, 6.45) is -5.44. The predicted molar refractivity (Wildman–Crippen MR) is 126 cm³/mol. The molecule has 1 heterocycles. The molecular formula is C25H35F5O5Si. The topological polar surface area (TPSA) is 65.0 Å². The van der Waals surface area contributed by atoms with Crippen molar-refractivity contribution in [3.05, 3.63) is 29.3 Å². The molecule has 4 unspecified atom stereocenters. The molecule has 1 aromatic rings. The number of hydrogen-bond donors (Lipinski definition) is 1. The highest BCUT2D eigenvalue weighted by molar-refractivity contribution is 6.74. The van der Waals surface area contributed by atoms with Crippen molar-refractivity contribution in [1.29, 1.82) is 0 Å². The Morgan fingerprint density at radius 2 is 1.78 bits per heavy atom. The quantitative estimate of drug-likeness (QED) is 0.310. The summed E-state index contributed by atoms with van der Waals surface area (Å²) in [5.74, 6) is -7.62. The van der Waals surface area contributed by atoms with Crippen LogP contribution in [0.4, 0.5) is 22.0 Å². The molecule has 2 aliphatic rings. The monoisotopic (exact) mass is 538 g/mol. The van der Waals surface area contributed by atoms with Crippen LogP contribution >= 0.6 is 0 Å². The zero-order valence-electron chi connectivity index (χ0n) is 21.6. The van der Waals surface area contributed by atoms with Crippen molar-refractivity contribution < 1.29 is 45.8 Å². The fourth-order valence-corrected chi connectivity index (χ4v) is 6.05. The van der Waals surface area contributed by atoms with Crippen molar-refractivity contribution in [3.8, 4) is 5.75 Å². The Morgan fingerprint density at radius 1 is 1.19 bits per heavy atom. The summed E-state index contributed by atoms with van der Waals surface area (Å²) in [5.41, 5.74) is -2.94. The van der Waals surface area contributed by atoms with Crippen LogP contribution in [-0.4, -0.2) is 50.0 Å². The molecular weight excluding hydrogens is 503 g/mol. The Bertz CT molecular complexity index is 986. The number of alkyl halides is 3. The van der Waals surface area contributed by atoms with E-state index in [0.29, 0.717) is 12.8 Å². The van der Waals surface area contributed by atoms with Crippen LogP contribution in [0.5, 0.6) is 5.75 Å². The number of benzene rings is 1. The van der Waals surface area contributed by atoms with Crippen molar-refractivity contribution in [1.82, 2.24) is 0 Å². The van der Waals surface area contributed by atoms with E-state index in [1.165, 1.54) is 6.92 Å². The molecule has 4 atom stereocenters. The SMILES string of the molecule is CC1C(c2ccc(F)c(F)c2OCC2CC(O[Si](C)(C)C(C)(C)C)C2)C(C(=O)O)OC1(C)C(F)(F)F. The number of rotatable bonds is 7. The minimum atomic E-state index is -4.88. The summed E-state index contributed by atoms with van der Waals surface area (Å²) < 4.78 is 87.4. The Hall–Kier alpha value is -1.72. The van der Waals surface area contributed by atoms with Crippen molar-refractivity contribution in [2.45, 2.75) is 95.5 Å². The normalized spacial score (nSPS) is 31.3. The number of ether oxygens (including phenoxy) is 2. The Kier molecular flexibility index (Phi) is 7.64. The molecule has 0 aromatic heterocycles. The third kappa shape index (κ3) is 5.15. The third-order valence-corrected chi connectivity index (χ3v) is 12.8. The molecule has 3 rings (SSSR count). The van der Waals surface area contributed by atoms with E-state index in [0.717, 1.165) is 19.1 Å². The second-order valence-electron chi connectivity index (χ2n) is 11.7. The molecule has 204 valence electrons. The van der Waals surface area contributed by atoms with Gasteiger partial charge in [0.15, 0.2) is 31.6 Å². The zero-order valence-corrected chi connectivity index (χ0v) is 22.6. The van der Waals surface area contributed by atoms with Crippen molar-refractivity contribution in [2.24, 2.45) is 11.8 Å². The van der Waals surface area contributed by atoms with E-state index < -0.39 is 61.4 Å². The minimum Gasteiger partial charge on any atom is -0.490 e. The number of carboxylic acid groups (broad SMARTS) is 1. The Balaban J connectivity index is 1.81. The van der Waals surface area contributed by atoms with Crippen molar-refractivity contribution >= 4 is 14.3 Å². The van der Waals surface area contributed by atoms with E-state index in [-0.39, 0.29) is 29.2 Å². The van der Waals surface area contributed by atoms with Gasteiger partial charge < -0.3 is 19.0 Å². The maximum atomic E-state index is 14.9. The van der Waals surface area contributed by atoms with Gasteiger partial charge in [0.1, 0.15) is 0 Å². The lowest BCUT2D eigenvalue weighted by Gasteiger charge is -2.44. The van der Waals surface area contributed by atoms with Crippen LogP contribution in [0.3, 0.4) is 0 Å². The van der Waals surface area contributed by atoms with E-state index in [1.54, 1.807) is 0 Å². The molecule has 11 heteroatoms. The maximum Gasteiger partial charge on any atom is 0.417 e. The standard InChI is InChI=1S/C25H35F5O5Si/c1-13-18(21(22(31)32)34-24(13,5)25(28,29)30)16-8-9-17(26)19(27)20(16)33-12-14-10-15(11-14)35-36(6,7)23(2,3)4/h8-9,13-15,18,21H,10-12H2,1-7H3,(H,31,32). The molecule has 5 nitrogen and oxygen atoms in total. The second kappa shape index (κ2) is 9.54. The fraction of sp³-hybridized carbons (Fsp3) is 0.720. The van der Waals surface area contributed by atoms with E-state index >= 15 is 0 Å². The van der Waals surface area contributed by atoms with Crippen LogP contribution in [0.2, 0.25) is 18.1 Å². The second-order valence-corrected chi connectivity index (χ2v) is 16.5. The number of carboxylic acids is 1. The molecule has 0 amide bonds. The fourth-order valence-electron chi connectivity index (χ4n) is 4.67. The largest absolute Gasteiger partial charge is 0.490 e. The Labute approximate surface area is 209 Å². The van der Waals surface area contributed by atoms with Gasteiger partial charge in [-0.05, 0) is 49.9 Å². The summed E-state index contributed by atoms with van der Waals surface area (Å²) in [4.78, 5) is 11.8. The van der Waals surface area contributed by atoms with Gasteiger partial charge in [-0.15, -0.1) is 0 Å². The van der Waals surface area contributed by atoms with Crippen molar-refractivity contribution in [2.75, 3.05) is 6.61 Å². The van der Waals surface area contributed by atoms with Crippen molar-refractivity contribution in [3.63, 3.8) is 0 Å². The van der Waals surface area contributed by atoms with E-state index in [1.807, 2.05) is 0 Å². The molecule has 1 aliphatic heterocycles. The van der Waals surface area contributed by atoms with Crippen LogP contribution < -0.4 is 4.74 Å². The Morgan fingerprint density at radius 3 is 2.28 bits per heavy atom. The first-order chi connectivity index (χ1) is 16.3. The van der Waals surface area contributed by atoms with Gasteiger partial charge in [-0.1, -0.05) is 33.8 Å². The van der Waals surface area contributed by atoms with Crippen LogP contribution in [-0.2, 0) is 14.0 Å². The highest BCUT2D eigenvalue weighted by atomic mass is 28.4. The first-order valence-corrected chi connectivity index (χ1v) is 15.0. The van der Waals surface area contributed by atoms with Gasteiger partial charge in [0.05, 0.1) is 6.61 Å². The predicted octanol–water partition coefficient (Wildman–Crippen LogP) is 6.67. The van der Waals surface area contributed by atoms with Gasteiger partial charge >= 0.3 is 12.1 Å².